The number of carbonyl (C=O) groups excluding carboxylic acids is 1. The minimum absolute atomic E-state index is 0.287. The number of carbonyl (C=O) groups is 1. The molecule has 0 aliphatic rings. The van der Waals surface area contributed by atoms with Gasteiger partial charge in [-0.2, -0.15) is 0 Å². The van der Waals surface area contributed by atoms with Crippen molar-refractivity contribution in [1.29, 1.82) is 0 Å². The van der Waals surface area contributed by atoms with Crippen LogP contribution in [-0.2, 0) is 0 Å². The maximum atomic E-state index is 12.7. The Kier molecular flexibility index (Phi) is 5.60. The molecule has 1 heterocycles. The lowest BCUT2D eigenvalue weighted by molar-refractivity contribution is 0.102. The molecule has 0 saturated carbocycles. The van der Waals surface area contributed by atoms with Crippen LogP contribution < -0.4 is 10.1 Å². The van der Waals surface area contributed by atoms with E-state index in [2.05, 4.69) is 5.32 Å². The summed E-state index contributed by atoms with van der Waals surface area (Å²) in [5.74, 6) is 0.180. The number of hydrogen-bond acceptors (Lipinski definition) is 4. The Morgan fingerprint density at radius 3 is 2.59 bits per heavy atom. The van der Waals surface area contributed by atoms with Gasteiger partial charge >= 0.3 is 0 Å². The first kappa shape index (κ1) is 19.2. The van der Waals surface area contributed by atoms with Crippen LogP contribution in [0.3, 0.4) is 0 Å². The van der Waals surface area contributed by atoms with E-state index in [0.29, 0.717) is 22.0 Å². The van der Waals surface area contributed by atoms with E-state index in [4.69, 9.17) is 21.3 Å². The fourth-order valence-corrected chi connectivity index (χ4v) is 3.94. The van der Waals surface area contributed by atoms with Gasteiger partial charge in [0.05, 0.1) is 18.4 Å². The summed E-state index contributed by atoms with van der Waals surface area (Å²) in [6.07, 6.45) is 0. The lowest BCUT2D eigenvalue weighted by Crippen LogP contribution is -2.13. The molecule has 0 bridgehead atoms. The molecule has 1 N–H and O–H groups in total. The zero-order chi connectivity index (χ0) is 20.2. The summed E-state index contributed by atoms with van der Waals surface area (Å²) in [6.45, 7) is 0. The van der Waals surface area contributed by atoms with Crippen LogP contribution in [0.5, 0.6) is 5.75 Å². The Hall–Kier alpha value is -3.15. The molecule has 6 heteroatoms. The molecule has 0 spiro atoms. The number of rotatable bonds is 5. The van der Waals surface area contributed by atoms with Crippen molar-refractivity contribution in [2.75, 3.05) is 12.4 Å². The summed E-state index contributed by atoms with van der Waals surface area (Å²) in [5.41, 5.74) is 3.93. The number of amides is 1. The van der Waals surface area contributed by atoms with Gasteiger partial charge in [0, 0.05) is 27.2 Å². The fraction of sp³-hybridized carbons (Fsp3) is 0.0435. The normalized spacial score (nSPS) is 10.6. The molecule has 144 valence electrons. The van der Waals surface area contributed by atoms with Crippen LogP contribution in [0.15, 0.2) is 78.2 Å². The second-order valence-corrected chi connectivity index (χ2v) is 7.58. The van der Waals surface area contributed by atoms with E-state index in [1.54, 1.807) is 29.5 Å². The molecular formula is C23H17ClN2O2S. The second kappa shape index (κ2) is 8.47. The van der Waals surface area contributed by atoms with Gasteiger partial charge < -0.3 is 10.1 Å². The zero-order valence-corrected chi connectivity index (χ0v) is 17.1. The van der Waals surface area contributed by atoms with Gasteiger partial charge in [0.15, 0.2) is 0 Å². The van der Waals surface area contributed by atoms with E-state index in [-0.39, 0.29) is 5.91 Å². The van der Waals surface area contributed by atoms with Crippen LogP contribution in [-0.4, -0.2) is 18.0 Å². The van der Waals surface area contributed by atoms with Crippen molar-refractivity contribution < 1.29 is 9.53 Å². The van der Waals surface area contributed by atoms with Crippen LogP contribution in [0, 0.1) is 0 Å². The van der Waals surface area contributed by atoms with Gasteiger partial charge in [-0.1, -0.05) is 54.1 Å². The highest BCUT2D eigenvalue weighted by molar-refractivity contribution is 7.13. The Labute approximate surface area is 177 Å². The summed E-state index contributed by atoms with van der Waals surface area (Å²) in [6, 6.07) is 22.6. The third kappa shape index (κ3) is 4.31. The van der Waals surface area contributed by atoms with E-state index in [1.807, 2.05) is 60.0 Å². The minimum Gasteiger partial charge on any atom is -0.496 e. The van der Waals surface area contributed by atoms with E-state index in [0.717, 1.165) is 21.8 Å². The first-order valence-corrected chi connectivity index (χ1v) is 10.2. The quantitative estimate of drug-likeness (QED) is 0.407. The number of nitrogens with zero attached hydrogens (tertiary/aromatic N) is 1. The molecular weight excluding hydrogens is 404 g/mol. The SMILES string of the molecule is COc1ccc(Cl)cc1C(=O)Nc1cccc(-c2csc(-c3ccccc3)n2)c1. The first-order valence-electron chi connectivity index (χ1n) is 8.90. The molecule has 0 fully saturated rings. The predicted octanol–water partition coefficient (Wildman–Crippen LogP) is 6.39. The highest BCUT2D eigenvalue weighted by atomic mass is 35.5. The molecule has 0 aliphatic heterocycles. The topological polar surface area (TPSA) is 51.2 Å². The van der Waals surface area contributed by atoms with Gasteiger partial charge in [-0.25, -0.2) is 4.98 Å². The number of methoxy groups -OCH3 is 1. The van der Waals surface area contributed by atoms with Gasteiger partial charge in [-0.3, -0.25) is 4.79 Å². The number of anilines is 1. The van der Waals surface area contributed by atoms with Crippen LogP contribution in [0.4, 0.5) is 5.69 Å². The van der Waals surface area contributed by atoms with Crippen molar-refractivity contribution >= 4 is 34.5 Å². The molecule has 0 aliphatic carbocycles. The van der Waals surface area contributed by atoms with Crippen molar-refractivity contribution in [3.05, 3.63) is 88.8 Å². The van der Waals surface area contributed by atoms with Crippen molar-refractivity contribution in [1.82, 2.24) is 4.98 Å². The standard InChI is InChI=1S/C23H17ClN2O2S/c1-28-21-11-10-17(24)13-19(21)22(27)25-18-9-5-8-16(12-18)20-14-29-23(26-20)15-6-3-2-4-7-15/h2-14H,1H3,(H,25,27). The number of aromatic nitrogens is 1. The molecule has 29 heavy (non-hydrogen) atoms. The van der Waals surface area contributed by atoms with Gasteiger partial charge in [0.2, 0.25) is 0 Å². The van der Waals surface area contributed by atoms with E-state index in [9.17, 15) is 4.79 Å². The maximum Gasteiger partial charge on any atom is 0.259 e. The van der Waals surface area contributed by atoms with Gasteiger partial charge in [-0.05, 0) is 30.3 Å². The summed E-state index contributed by atoms with van der Waals surface area (Å²) in [5, 5.41) is 6.35. The summed E-state index contributed by atoms with van der Waals surface area (Å²) in [7, 11) is 1.52. The molecule has 0 atom stereocenters. The average molecular weight is 421 g/mol. The zero-order valence-electron chi connectivity index (χ0n) is 15.6. The lowest BCUT2D eigenvalue weighted by atomic mass is 10.1. The largest absolute Gasteiger partial charge is 0.496 e. The number of ether oxygens (including phenoxy) is 1. The average Bonchev–Trinajstić information content (AvgIpc) is 3.25. The molecule has 0 saturated heterocycles. The Morgan fingerprint density at radius 1 is 1.00 bits per heavy atom. The van der Waals surface area contributed by atoms with Gasteiger partial charge in [-0.15, -0.1) is 11.3 Å². The van der Waals surface area contributed by atoms with Crippen molar-refractivity contribution in [2.45, 2.75) is 0 Å². The third-order valence-electron chi connectivity index (χ3n) is 4.35. The lowest BCUT2D eigenvalue weighted by Gasteiger charge is -2.10. The monoisotopic (exact) mass is 420 g/mol. The summed E-state index contributed by atoms with van der Waals surface area (Å²) in [4.78, 5) is 17.5. The van der Waals surface area contributed by atoms with Crippen molar-refractivity contribution in [3.8, 4) is 27.6 Å². The second-order valence-electron chi connectivity index (χ2n) is 6.28. The molecule has 1 aromatic heterocycles. The first-order chi connectivity index (χ1) is 14.1. The third-order valence-corrected chi connectivity index (χ3v) is 5.47. The number of benzene rings is 3. The van der Waals surface area contributed by atoms with Crippen LogP contribution in [0.2, 0.25) is 5.02 Å². The Bertz CT molecular complexity index is 1160. The number of halogens is 1. The molecule has 4 rings (SSSR count). The van der Waals surface area contributed by atoms with E-state index >= 15 is 0 Å². The highest BCUT2D eigenvalue weighted by Gasteiger charge is 2.14. The van der Waals surface area contributed by atoms with Crippen molar-refractivity contribution in [2.24, 2.45) is 0 Å². The van der Waals surface area contributed by atoms with Crippen LogP contribution >= 0.6 is 22.9 Å². The molecule has 4 aromatic rings. The van der Waals surface area contributed by atoms with Crippen LogP contribution in [0.25, 0.3) is 21.8 Å². The smallest absolute Gasteiger partial charge is 0.259 e. The number of hydrogen-bond donors (Lipinski definition) is 1. The molecule has 0 radical (unpaired) electrons. The summed E-state index contributed by atoms with van der Waals surface area (Å²) < 4.78 is 5.27. The van der Waals surface area contributed by atoms with Gasteiger partial charge in [0.25, 0.3) is 5.91 Å². The molecule has 1 amide bonds. The Morgan fingerprint density at radius 2 is 1.79 bits per heavy atom. The van der Waals surface area contributed by atoms with Gasteiger partial charge in [0.1, 0.15) is 10.8 Å². The Balaban J connectivity index is 1.58. The molecule has 0 unspecified atom stereocenters. The fourth-order valence-electron chi connectivity index (χ4n) is 2.93. The summed E-state index contributed by atoms with van der Waals surface area (Å²) >= 11 is 7.63. The van der Waals surface area contributed by atoms with E-state index < -0.39 is 0 Å². The molecule has 3 aromatic carbocycles. The maximum absolute atomic E-state index is 12.7. The molecule has 4 nitrogen and oxygen atoms in total. The van der Waals surface area contributed by atoms with Crippen molar-refractivity contribution in [3.63, 3.8) is 0 Å². The minimum atomic E-state index is -0.287. The number of thiazole rings is 1. The van der Waals surface area contributed by atoms with E-state index in [1.165, 1.54) is 7.11 Å². The predicted molar refractivity (Wildman–Crippen MR) is 119 cm³/mol. The number of nitrogens with one attached hydrogen (secondary N) is 1. The van der Waals surface area contributed by atoms with Crippen LogP contribution in [0.1, 0.15) is 10.4 Å². The highest BCUT2D eigenvalue weighted by Crippen LogP contribution is 2.30.